The van der Waals surface area contributed by atoms with Gasteiger partial charge in [-0.2, -0.15) is 0 Å². The number of methoxy groups -OCH3 is 1. The van der Waals surface area contributed by atoms with E-state index in [1.165, 1.54) is 37.7 Å². The predicted octanol–water partition coefficient (Wildman–Crippen LogP) is 3.93. The molecule has 2 rings (SSSR count). The van der Waals surface area contributed by atoms with Crippen molar-refractivity contribution in [1.29, 1.82) is 0 Å². The Hall–Kier alpha value is -0.860. The van der Waals surface area contributed by atoms with Gasteiger partial charge in [-0.15, -0.1) is 0 Å². The number of nitrogens with one attached hydrogen (secondary N) is 1. The van der Waals surface area contributed by atoms with Crippen LogP contribution < -0.4 is 5.32 Å². The third-order valence-corrected chi connectivity index (χ3v) is 4.33. The van der Waals surface area contributed by atoms with Gasteiger partial charge in [-0.1, -0.05) is 56.5 Å². The Morgan fingerprint density at radius 1 is 1.26 bits per heavy atom. The molecule has 0 saturated heterocycles. The summed E-state index contributed by atoms with van der Waals surface area (Å²) in [4.78, 5) is 0. The molecule has 2 nitrogen and oxygen atoms in total. The van der Waals surface area contributed by atoms with Crippen LogP contribution in [0.4, 0.5) is 0 Å². The van der Waals surface area contributed by atoms with Gasteiger partial charge in [0.15, 0.2) is 0 Å². The number of hydrogen-bond donors (Lipinski definition) is 1. The van der Waals surface area contributed by atoms with Crippen LogP contribution in [0.5, 0.6) is 0 Å². The largest absolute Gasteiger partial charge is 0.383 e. The van der Waals surface area contributed by atoms with Crippen LogP contribution in [0.2, 0.25) is 0 Å². The van der Waals surface area contributed by atoms with Crippen LogP contribution in [-0.2, 0) is 4.74 Å². The first kappa shape index (κ1) is 14.5. The average Bonchev–Trinajstić information content (AvgIpc) is 2.48. The highest BCUT2D eigenvalue weighted by molar-refractivity contribution is 5.19. The van der Waals surface area contributed by atoms with E-state index in [2.05, 4.69) is 42.6 Å². The molecule has 0 bridgehead atoms. The van der Waals surface area contributed by atoms with Gasteiger partial charge in [0.25, 0.3) is 0 Å². The molecule has 1 aliphatic carbocycles. The molecule has 0 heterocycles. The van der Waals surface area contributed by atoms with Crippen molar-refractivity contribution in [2.24, 2.45) is 5.92 Å². The Bertz CT molecular complexity index is 352. The second-order valence-electron chi connectivity index (χ2n) is 5.72. The zero-order valence-corrected chi connectivity index (χ0v) is 12.3. The Morgan fingerprint density at radius 2 is 2.05 bits per heavy atom. The third kappa shape index (κ3) is 4.32. The molecule has 1 fully saturated rings. The maximum absolute atomic E-state index is 5.39. The van der Waals surface area contributed by atoms with Crippen molar-refractivity contribution in [2.75, 3.05) is 13.7 Å². The van der Waals surface area contributed by atoms with E-state index in [9.17, 15) is 0 Å². The lowest BCUT2D eigenvalue weighted by Gasteiger charge is -2.32. The molecule has 3 unspecified atom stereocenters. The first-order valence-electron chi connectivity index (χ1n) is 7.63. The molecule has 19 heavy (non-hydrogen) atoms. The van der Waals surface area contributed by atoms with Gasteiger partial charge in [0.05, 0.1) is 12.6 Å². The van der Waals surface area contributed by atoms with Crippen molar-refractivity contribution in [3.63, 3.8) is 0 Å². The fraction of sp³-hybridized carbons (Fsp3) is 0.647. The summed E-state index contributed by atoms with van der Waals surface area (Å²) in [5, 5.41) is 3.81. The summed E-state index contributed by atoms with van der Waals surface area (Å²) in [6.45, 7) is 3.06. The Balaban J connectivity index is 1.96. The van der Waals surface area contributed by atoms with Gasteiger partial charge in [-0.25, -0.2) is 0 Å². The van der Waals surface area contributed by atoms with Crippen LogP contribution in [0.3, 0.4) is 0 Å². The molecule has 2 heteroatoms. The topological polar surface area (TPSA) is 21.3 Å². The third-order valence-electron chi connectivity index (χ3n) is 4.33. The summed E-state index contributed by atoms with van der Waals surface area (Å²) in [7, 11) is 1.79. The number of rotatable bonds is 6. The van der Waals surface area contributed by atoms with Crippen LogP contribution >= 0.6 is 0 Å². The molecular formula is C17H27NO. The van der Waals surface area contributed by atoms with Crippen LogP contribution in [0, 0.1) is 5.92 Å². The lowest BCUT2D eigenvalue weighted by Crippen LogP contribution is -2.38. The van der Waals surface area contributed by atoms with E-state index < -0.39 is 0 Å². The highest BCUT2D eigenvalue weighted by Gasteiger charge is 2.23. The monoisotopic (exact) mass is 261 g/mol. The number of ether oxygens (including phenoxy) is 1. The lowest BCUT2D eigenvalue weighted by atomic mass is 9.84. The van der Waals surface area contributed by atoms with Gasteiger partial charge in [-0.3, -0.25) is 0 Å². The molecular weight excluding hydrogens is 234 g/mol. The Morgan fingerprint density at radius 3 is 2.74 bits per heavy atom. The number of hydrogen-bond acceptors (Lipinski definition) is 2. The molecule has 1 aromatic rings. The summed E-state index contributed by atoms with van der Waals surface area (Å²) in [6, 6.07) is 11.6. The summed E-state index contributed by atoms with van der Waals surface area (Å²) in [5.74, 6) is 0.908. The Kier molecular flexibility index (Phi) is 5.87. The summed E-state index contributed by atoms with van der Waals surface area (Å²) < 4.78 is 5.39. The van der Waals surface area contributed by atoms with E-state index in [0.29, 0.717) is 12.1 Å². The second-order valence-corrected chi connectivity index (χ2v) is 5.72. The molecule has 0 aromatic heterocycles. The zero-order valence-electron chi connectivity index (χ0n) is 12.3. The van der Waals surface area contributed by atoms with E-state index in [-0.39, 0.29) is 0 Å². The van der Waals surface area contributed by atoms with Crippen molar-refractivity contribution in [1.82, 2.24) is 5.32 Å². The molecule has 0 aliphatic heterocycles. The quantitative estimate of drug-likeness (QED) is 0.837. The van der Waals surface area contributed by atoms with Crippen molar-refractivity contribution in [3.8, 4) is 0 Å². The van der Waals surface area contributed by atoms with Gasteiger partial charge in [-0.05, 0) is 24.3 Å². The predicted molar refractivity (Wildman–Crippen MR) is 80.2 cm³/mol. The Labute approximate surface area is 117 Å². The molecule has 1 N–H and O–H groups in total. The van der Waals surface area contributed by atoms with Crippen molar-refractivity contribution >= 4 is 0 Å². The molecule has 3 atom stereocenters. The fourth-order valence-corrected chi connectivity index (χ4v) is 3.19. The molecule has 1 saturated carbocycles. The smallest absolute Gasteiger partial charge is 0.0657 e. The standard InChI is InChI=1S/C17H27NO/c1-3-14-8-7-11-16(12-14)18-17(13-19-2)15-9-5-4-6-10-15/h4-6,9-10,14,16-18H,3,7-8,11-13H2,1-2H3. The SMILES string of the molecule is CCC1CCCC(NC(COC)c2ccccc2)C1. The molecule has 1 aliphatic rings. The fourth-order valence-electron chi connectivity index (χ4n) is 3.19. The summed E-state index contributed by atoms with van der Waals surface area (Å²) >= 11 is 0. The minimum absolute atomic E-state index is 0.326. The molecule has 0 amide bonds. The molecule has 0 radical (unpaired) electrons. The van der Waals surface area contributed by atoms with Crippen LogP contribution in [0.15, 0.2) is 30.3 Å². The van der Waals surface area contributed by atoms with Crippen LogP contribution in [0.1, 0.15) is 50.6 Å². The normalized spacial score (nSPS) is 25.2. The minimum Gasteiger partial charge on any atom is -0.383 e. The van der Waals surface area contributed by atoms with Crippen molar-refractivity contribution in [2.45, 2.75) is 51.1 Å². The van der Waals surface area contributed by atoms with Gasteiger partial charge in [0.1, 0.15) is 0 Å². The minimum atomic E-state index is 0.326. The lowest BCUT2D eigenvalue weighted by molar-refractivity contribution is 0.150. The average molecular weight is 261 g/mol. The molecule has 1 aromatic carbocycles. The van der Waals surface area contributed by atoms with E-state index >= 15 is 0 Å². The first-order chi connectivity index (χ1) is 9.33. The highest BCUT2D eigenvalue weighted by Crippen LogP contribution is 2.28. The maximum Gasteiger partial charge on any atom is 0.0657 e. The van der Waals surface area contributed by atoms with Gasteiger partial charge in [0, 0.05) is 13.2 Å². The van der Waals surface area contributed by atoms with E-state index in [0.717, 1.165) is 12.5 Å². The van der Waals surface area contributed by atoms with Gasteiger partial charge < -0.3 is 10.1 Å². The maximum atomic E-state index is 5.39. The van der Waals surface area contributed by atoms with Crippen LogP contribution in [0.25, 0.3) is 0 Å². The van der Waals surface area contributed by atoms with Crippen molar-refractivity contribution in [3.05, 3.63) is 35.9 Å². The van der Waals surface area contributed by atoms with Gasteiger partial charge in [0.2, 0.25) is 0 Å². The molecule has 106 valence electrons. The van der Waals surface area contributed by atoms with Crippen LogP contribution in [-0.4, -0.2) is 19.8 Å². The van der Waals surface area contributed by atoms with Crippen molar-refractivity contribution < 1.29 is 4.74 Å². The highest BCUT2D eigenvalue weighted by atomic mass is 16.5. The summed E-state index contributed by atoms with van der Waals surface area (Å²) in [5.41, 5.74) is 1.34. The first-order valence-corrected chi connectivity index (χ1v) is 7.63. The van der Waals surface area contributed by atoms with E-state index in [1.54, 1.807) is 7.11 Å². The summed E-state index contributed by atoms with van der Waals surface area (Å²) in [6.07, 6.45) is 6.73. The van der Waals surface area contributed by atoms with Gasteiger partial charge >= 0.3 is 0 Å². The zero-order chi connectivity index (χ0) is 13.5. The van der Waals surface area contributed by atoms with E-state index in [1.807, 2.05) is 0 Å². The second kappa shape index (κ2) is 7.66. The van der Waals surface area contributed by atoms with E-state index in [4.69, 9.17) is 4.74 Å². The molecule has 0 spiro atoms. The number of benzene rings is 1.